The first kappa shape index (κ1) is 21.0. The maximum Gasteiger partial charge on any atom is 0.197 e. The summed E-state index contributed by atoms with van der Waals surface area (Å²) >= 11 is 0. The van der Waals surface area contributed by atoms with Gasteiger partial charge >= 0.3 is 0 Å². The average Bonchev–Trinajstić information content (AvgIpc) is 2.71. The Hall–Kier alpha value is -3.27. The summed E-state index contributed by atoms with van der Waals surface area (Å²) in [5.74, 6) is -0.686. The van der Waals surface area contributed by atoms with Crippen LogP contribution in [0.25, 0.3) is 22.3 Å². The summed E-state index contributed by atoms with van der Waals surface area (Å²) in [5, 5.41) is 51.1. The van der Waals surface area contributed by atoms with E-state index < -0.39 is 35.6 Å². The molecule has 0 aliphatic carbocycles. The maximum atomic E-state index is 12.8. The molecule has 9 nitrogen and oxygen atoms in total. The Balaban J connectivity index is 1.82. The van der Waals surface area contributed by atoms with Crippen molar-refractivity contribution < 1.29 is 39.4 Å². The number of ether oxygens (including phenoxy) is 2. The topological polar surface area (TPSA) is 150 Å². The highest BCUT2D eigenvalue weighted by Gasteiger charge is 2.37. The van der Waals surface area contributed by atoms with Crippen molar-refractivity contribution in [2.24, 2.45) is 0 Å². The van der Waals surface area contributed by atoms with E-state index in [1.165, 1.54) is 25.3 Å². The lowest BCUT2D eigenvalue weighted by Gasteiger charge is -2.36. The molecule has 1 fully saturated rings. The predicted molar refractivity (Wildman–Crippen MR) is 109 cm³/mol. The Labute approximate surface area is 176 Å². The molecule has 4 atom stereocenters. The molecule has 9 heteroatoms. The molecule has 1 aromatic heterocycles. The number of phenolic OH excluding ortho intramolecular Hbond substituents is 3. The van der Waals surface area contributed by atoms with E-state index in [-0.39, 0.29) is 46.0 Å². The van der Waals surface area contributed by atoms with Crippen molar-refractivity contribution in [1.82, 2.24) is 0 Å². The fraction of sp³-hybridized carbons (Fsp3) is 0.318. The molecule has 31 heavy (non-hydrogen) atoms. The van der Waals surface area contributed by atoms with Crippen LogP contribution in [0.4, 0.5) is 0 Å². The molecule has 4 rings (SSSR count). The summed E-state index contributed by atoms with van der Waals surface area (Å²) in [4.78, 5) is 12.8. The lowest BCUT2D eigenvalue weighted by molar-refractivity contribution is -0.164. The summed E-state index contributed by atoms with van der Waals surface area (Å²) in [6, 6.07) is 6.80. The number of hydrogen-bond donors (Lipinski definition) is 5. The fourth-order valence-corrected chi connectivity index (χ4v) is 3.86. The van der Waals surface area contributed by atoms with Crippen LogP contribution in [-0.4, -0.2) is 51.0 Å². The van der Waals surface area contributed by atoms with E-state index in [0.29, 0.717) is 5.56 Å². The van der Waals surface area contributed by atoms with Gasteiger partial charge in [0.15, 0.2) is 16.9 Å². The number of aliphatic hydroxyl groups excluding tert-OH is 2. The third kappa shape index (κ3) is 3.56. The van der Waals surface area contributed by atoms with Gasteiger partial charge in [0.05, 0.1) is 31.0 Å². The van der Waals surface area contributed by atoms with E-state index in [4.69, 9.17) is 13.9 Å². The Bertz CT molecular complexity index is 1190. The van der Waals surface area contributed by atoms with Gasteiger partial charge in [-0.1, -0.05) is 0 Å². The van der Waals surface area contributed by atoms with Crippen LogP contribution in [0.15, 0.2) is 39.5 Å². The summed E-state index contributed by atoms with van der Waals surface area (Å²) in [7, 11) is 1.41. The van der Waals surface area contributed by atoms with E-state index in [1.54, 1.807) is 13.0 Å². The van der Waals surface area contributed by atoms with Crippen molar-refractivity contribution in [2.45, 2.75) is 37.8 Å². The van der Waals surface area contributed by atoms with Gasteiger partial charge in [0, 0.05) is 24.1 Å². The first-order valence-electron chi connectivity index (χ1n) is 9.63. The number of methoxy groups -OCH3 is 1. The predicted octanol–water partition coefficient (Wildman–Crippen LogP) is 2.16. The van der Waals surface area contributed by atoms with Crippen LogP contribution < -0.4 is 10.2 Å². The first-order valence-corrected chi connectivity index (χ1v) is 9.63. The third-order valence-electron chi connectivity index (χ3n) is 5.51. The third-order valence-corrected chi connectivity index (χ3v) is 5.51. The highest BCUT2D eigenvalue weighted by Crippen LogP contribution is 2.44. The Morgan fingerprint density at radius 3 is 2.45 bits per heavy atom. The van der Waals surface area contributed by atoms with Crippen molar-refractivity contribution in [3.05, 3.63) is 46.1 Å². The highest BCUT2D eigenvalue weighted by atomic mass is 16.5. The van der Waals surface area contributed by atoms with Crippen LogP contribution in [0, 0.1) is 0 Å². The van der Waals surface area contributed by atoms with E-state index in [1.807, 2.05) is 0 Å². The van der Waals surface area contributed by atoms with Crippen molar-refractivity contribution in [3.8, 4) is 34.3 Å². The van der Waals surface area contributed by atoms with Gasteiger partial charge in [-0.15, -0.1) is 0 Å². The van der Waals surface area contributed by atoms with Gasteiger partial charge in [-0.2, -0.15) is 0 Å². The number of hydrogen-bond acceptors (Lipinski definition) is 9. The molecule has 3 aromatic rings. The molecule has 0 bridgehead atoms. The number of aromatic hydroxyl groups is 3. The molecule has 2 heterocycles. The zero-order chi connectivity index (χ0) is 22.4. The van der Waals surface area contributed by atoms with Gasteiger partial charge in [0.25, 0.3) is 0 Å². The van der Waals surface area contributed by atoms with E-state index in [9.17, 15) is 30.3 Å². The van der Waals surface area contributed by atoms with Crippen molar-refractivity contribution in [1.29, 1.82) is 0 Å². The summed E-state index contributed by atoms with van der Waals surface area (Å²) < 4.78 is 16.3. The van der Waals surface area contributed by atoms with E-state index >= 15 is 0 Å². The molecule has 0 saturated carbocycles. The quantitative estimate of drug-likeness (QED) is 0.421. The average molecular weight is 430 g/mol. The van der Waals surface area contributed by atoms with Crippen molar-refractivity contribution >= 4 is 11.0 Å². The molecule has 5 N–H and O–H groups in total. The number of phenols is 3. The second kappa shape index (κ2) is 7.77. The van der Waals surface area contributed by atoms with Gasteiger partial charge in [0.1, 0.15) is 34.3 Å². The Kier molecular flexibility index (Phi) is 5.26. The normalized spacial score (nSPS) is 23.7. The van der Waals surface area contributed by atoms with Crippen LogP contribution >= 0.6 is 0 Å². The van der Waals surface area contributed by atoms with Crippen LogP contribution in [0.3, 0.4) is 0 Å². The van der Waals surface area contributed by atoms with Gasteiger partial charge < -0.3 is 39.4 Å². The van der Waals surface area contributed by atoms with E-state index in [2.05, 4.69) is 0 Å². The second-order valence-corrected chi connectivity index (χ2v) is 7.52. The highest BCUT2D eigenvalue weighted by molar-refractivity contribution is 5.88. The molecular weight excluding hydrogens is 408 g/mol. The summed E-state index contributed by atoms with van der Waals surface area (Å²) in [5.41, 5.74) is -0.315. The minimum absolute atomic E-state index is 0.0626. The molecule has 0 radical (unpaired) electrons. The van der Waals surface area contributed by atoms with Crippen molar-refractivity contribution in [3.63, 3.8) is 0 Å². The summed E-state index contributed by atoms with van der Waals surface area (Å²) in [6.07, 6.45) is -3.98. The standard InChI is InChI=1S/C22H22O9/c1-9-21(27)14(26)8-17(30-9)19-13(25)7-18-20(22(19)28)12(24)6-16(31-18)10-3-4-15(29-2)11(23)5-10/h3-7,9,14,17,21,23,25-28H,8H2,1-2H3/t9-,14+,17-,21+/m0/s1. The van der Waals surface area contributed by atoms with Crippen LogP contribution in [0.5, 0.6) is 23.0 Å². The first-order chi connectivity index (χ1) is 14.7. The lowest BCUT2D eigenvalue weighted by Crippen LogP contribution is -2.43. The zero-order valence-electron chi connectivity index (χ0n) is 16.8. The maximum absolute atomic E-state index is 12.8. The van der Waals surface area contributed by atoms with Gasteiger partial charge in [-0.3, -0.25) is 4.79 Å². The van der Waals surface area contributed by atoms with Crippen LogP contribution in [0.1, 0.15) is 25.0 Å². The summed E-state index contributed by atoms with van der Waals surface area (Å²) in [6.45, 7) is 1.56. The molecule has 2 aromatic carbocycles. The SMILES string of the molecule is COc1ccc(-c2cc(=O)c3c(O)c([C@@H]4C[C@@H](O)[C@H](O)[C@H](C)O4)c(O)cc3o2)cc1O. The smallest absolute Gasteiger partial charge is 0.197 e. The molecule has 0 spiro atoms. The Morgan fingerprint density at radius 1 is 1.06 bits per heavy atom. The minimum Gasteiger partial charge on any atom is -0.507 e. The monoisotopic (exact) mass is 430 g/mol. The second-order valence-electron chi connectivity index (χ2n) is 7.52. The number of aliphatic hydroxyl groups is 2. The largest absolute Gasteiger partial charge is 0.507 e. The van der Waals surface area contributed by atoms with Crippen molar-refractivity contribution in [2.75, 3.05) is 7.11 Å². The molecule has 0 unspecified atom stereocenters. The molecule has 1 aliphatic rings. The van der Waals surface area contributed by atoms with E-state index in [0.717, 1.165) is 6.07 Å². The zero-order valence-corrected chi connectivity index (χ0v) is 16.8. The fourth-order valence-electron chi connectivity index (χ4n) is 3.86. The van der Waals surface area contributed by atoms with Gasteiger partial charge in [-0.25, -0.2) is 0 Å². The number of fused-ring (bicyclic) bond motifs is 1. The van der Waals surface area contributed by atoms with Crippen LogP contribution in [0.2, 0.25) is 0 Å². The number of benzene rings is 2. The molecule has 0 amide bonds. The molecule has 164 valence electrons. The van der Waals surface area contributed by atoms with Gasteiger partial charge in [0.2, 0.25) is 0 Å². The molecule has 1 saturated heterocycles. The van der Waals surface area contributed by atoms with Crippen LogP contribution in [-0.2, 0) is 4.74 Å². The van der Waals surface area contributed by atoms with Gasteiger partial charge in [-0.05, 0) is 25.1 Å². The molecule has 1 aliphatic heterocycles. The molecular formula is C22H22O9. The number of rotatable bonds is 3. The Morgan fingerprint density at radius 2 is 1.81 bits per heavy atom. The minimum atomic E-state index is -1.12. The lowest BCUT2D eigenvalue weighted by atomic mass is 9.92.